The number of amides is 1. The van der Waals surface area contributed by atoms with E-state index in [9.17, 15) is 9.18 Å². The van der Waals surface area contributed by atoms with E-state index in [1.807, 2.05) is 6.92 Å². The minimum atomic E-state index is -0.350. The maximum absolute atomic E-state index is 13.0. The molecule has 0 aliphatic carbocycles. The number of nitrogens with one attached hydrogen (secondary N) is 1. The van der Waals surface area contributed by atoms with E-state index in [-0.39, 0.29) is 24.3 Å². The van der Waals surface area contributed by atoms with Crippen molar-refractivity contribution in [2.24, 2.45) is 0 Å². The number of hydrogen-bond acceptors (Lipinski definition) is 4. The van der Waals surface area contributed by atoms with Gasteiger partial charge in [-0.2, -0.15) is 4.80 Å². The predicted octanol–water partition coefficient (Wildman–Crippen LogP) is 3.66. The van der Waals surface area contributed by atoms with Gasteiger partial charge in [-0.25, -0.2) is 4.39 Å². The summed E-state index contributed by atoms with van der Waals surface area (Å²) in [5, 5.41) is 15.6. The van der Waals surface area contributed by atoms with Gasteiger partial charge in [0.15, 0.2) is 0 Å². The van der Waals surface area contributed by atoms with Gasteiger partial charge in [0, 0.05) is 5.56 Å². The van der Waals surface area contributed by atoms with Gasteiger partial charge in [0.1, 0.15) is 12.4 Å². The summed E-state index contributed by atoms with van der Waals surface area (Å²) in [4.78, 5) is 13.4. The van der Waals surface area contributed by atoms with Crippen molar-refractivity contribution >= 4 is 29.1 Å². The number of aromatic nitrogens is 4. The standard InChI is InChI=1S/C17H14Cl2FN5O/c1-10(12-4-7-14(18)15(19)8-12)21-16(26)9-25-23-17(22-24-25)11-2-5-13(20)6-3-11/h2-8,10H,9H2,1H3,(H,21,26)/t10-/m0/s1. The first kappa shape index (κ1) is 18.3. The smallest absolute Gasteiger partial charge is 0.244 e. The Hall–Kier alpha value is -2.51. The van der Waals surface area contributed by atoms with Gasteiger partial charge in [0.2, 0.25) is 11.7 Å². The molecular weight excluding hydrogens is 380 g/mol. The molecule has 1 atom stereocenters. The minimum Gasteiger partial charge on any atom is -0.348 e. The summed E-state index contributed by atoms with van der Waals surface area (Å²) in [7, 11) is 0. The number of carbonyl (C=O) groups is 1. The third-order valence-electron chi connectivity index (χ3n) is 3.66. The summed E-state index contributed by atoms with van der Waals surface area (Å²) in [5.41, 5.74) is 1.44. The minimum absolute atomic E-state index is 0.0974. The van der Waals surface area contributed by atoms with Crippen LogP contribution in [0, 0.1) is 5.82 Å². The largest absolute Gasteiger partial charge is 0.348 e. The fourth-order valence-corrected chi connectivity index (χ4v) is 2.61. The zero-order valence-corrected chi connectivity index (χ0v) is 15.2. The van der Waals surface area contributed by atoms with Crippen LogP contribution in [0.15, 0.2) is 42.5 Å². The first-order chi connectivity index (χ1) is 12.4. The molecule has 0 bridgehead atoms. The molecular formula is C17H14Cl2FN5O. The topological polar surface area (TPSA) is 72.7 Å². The zero-order valence-electron chi connectivity index (χ0n) is 13.7. The van der Waals surface area contributed by atoms with E-state index >= 15 is 0 Å². The lowest BCUT2D eigenvalue weighted by Gasteiger charge is -2.14. The zero-order chi connectivity index (χ0) is 18.7. The molecule has 2 aromatic carbocycles. The maximum Gasteiger partial charge on any atom is 0.244 e. The molecule has 0 saturated carbocycles. The maximum atomic E-state index is 13.0. The van der Waals surface area contributed by atoms with Gasteiger partial charge in [0.05, 0.1) is 16.1 Å². The average Bonchev–Trinajstić information content (AvgIpc) is 3.06. The highest BCUT2D eigenvalue weighted by atomic mass is 35.5. The average molecular weight is 394 g/mol. The fraction of sp³-hybridized carbons (Fsp3) is 0.176. The number of tetrazole rings is 1. The number of rotatable bonds is 5. The van der Waals surface area contributed by atoms with E-state index < -0.39 is 0 Å². The molecule has 0 aliphatic rings. The van der Waals surface area contributed by atoms with Crippen molar-refractivity contribution in [2.45, 2.75) is 19.5 Å². The number of hydrogen-bond donors (Lipinski definition) is 1. The second-order valence-electron chi connectivity index (χ2n) is 5.61. The van der Waals surface area contributed by atoms with Crippen molar-refractivity contribution < 1.29 is 9.18 Å². The highest BCUT2D eigenvalue weighted by molar-refractivity contribution is 6.42. The van der Waals surface area contributed by atoms with Gasteiger partial charge in [-0.1, -0.05) is 29.3 Å². The Morgan fingerprint density at radius 2 is 1.92 bits per heavy atom. The Balaban J connectivity index is 1.63. The second kappa shape index (κ2) is 7.80. The molecule has 1 amide bonds. The Labute approximate surface area is 158 Å². The van der Waals surface area contributed by atoms with E-state index in [0.717, 1.165) is 5.56 Å². The Morgan fingerprint density at radius 3 is 2.62 bits per heavy atom. The van der Waals surface area contributed by atoms with Crippen LogP contribution in [-0.4, -0.2) is 26.1 Å². The third kappa shape index (κ3) is 4.36. The van der Waals surface area contributed by atoms with E-state index in [1.54, 1.807) is 30.3 Å². The van der Waals surface area contributed by atoms with E-state index in [2.05, 4.69) is 20.7 Å². The molecule has 1 heterocycles. The van der Waals surface area contributed by atoms with Crippen LogP contribution in [0.5, 0.6) is 0 Å². The highest BCUT2D eigenvalue weighted by Gasteiger charge is 2.13. The molecule has 134 valence electrons. The summed E-state index contributed by atoms with van der Waals surface area (Å²) in [6.45, 7) is 1.73. The number of benzene rings is 2. The van der Waals surface area contributed by atoms with Crippen LogP contribution in [0.3, 0.4) is 0 Å². The summed E-state index contributed by atoms with van der Waals surface area (Å²) >= 11 is 11.9. The summed E-state index contributed by atoms with van der Waals surface area (Å²) in [6.07, 6.45) is 0. The van der Waals surface area contributed by atoms with Crippen molar-refractivity contribution in [2.75, 3.05) is 0 Å². The van der Waals surface area contributed by atoms with Crippen LogP contribution in [0.25, 0.3) is 11.4 Å². The SMILES string of the molecule is C[C@H](NC(=O)Cn1nnc(-c2ccc(F)cc2)n1)c1ccc(Cl)c(Cl)c1. The Bertz CT molecular complexity index is 929. The van der Waals surface area contributed by atoms with Crippen molar-refractivity contribution in [1.29, 1.82) is 0 Å². The molecule has 1 N–H and O–H groups in total. The summed E-state index contributed by atoms with van der Waals surface area (Å²) in [6, 6.07) is 10.6. The van der Waals surface area contributed by atoms with Gasteiger partial charge in [-0.05, 0) is 54.1 Å². The summed E-state index contributed by atoms with van der Waals surface area (Å²) < 4.78 is 13.0. The predicted molar refractivity (Wildman–Crippen MR) is 96.2 cm³/mol. The Kier molecular flexibility index (Phi) is 5.49. The van der Waals surface area contributed by atoms with Gasteiger partial charge < -0.3 is 5.32 Å². The third-order valence-corrected chi connectivity index (χ3v) is 4.40. The van der Waals surface area contributed by atoms with Crippen LogP contribution in [0.1, 0.15) is 18.5 Å². The molecule has 1 aromatic heterocycles. The van der Waals surface area contributed by atoms with Crippen molar-refractivity contribution in [1.82, 2.24) is 25.5 Å². The number of nitrogens with zero attached hydrogens (tertiary/aromatic N) is 4. The van der Waals surface area contributed by atoms with Crippen molar-refractivity contribution in [3.05, 3.63) is 63.9 Å². The molecule has 0 aliphatic heterocycles. The van der Waals surface area contributed by atoms with Crippen LogP contribution >= 0.6 is 23.2 Å². The molecule has 0 radical (unpaired) electrons. The summed E-state index contributed by atoms with van der Waals surface area (Å²) in [5.74, 6) is -0.321. The lowest BCUT2D eigenvalue weighted by molar-refractivity contribution is -0.122. The van der Waals surface area contributed by atoms with E-state index in [4.69, 9.17) is 23.2 Å². The molecule has 9 heteroatoms. The molecule has 0 saturated heterocycles. The van der Waals surface area contributed by atoms with Gasteiger partial charge in [-0.15, -0.1) is 10.2 Å². The second-order valence-corrected chi connectivity index (χ2v) is 6.43. The number of halogens is 3. The van der Waals surface area contributed by atoms with Gasteiger partial charge in [-0.3, -0.25) is 4.79 Å². The monoisotopic (exact) mass is 393 g/mol. The fourth-order valence-electron chi connectivity index (χ4n) is 2.31. The van der Waals surface area contributed by atoms with E-state index in [1.165, 1.54) is 16.9 Å². The lowest BCUT2D eigenvalue weighted by Crippen LogP contribution is -2.30. The molecule has 3 aromatic rings. The van der Waals surface area contributed by atoms with Crippen LogP contribution in [-0.2, 0) is 11.3 Å². The normalized spacial score (nSPS) is 12.0. The first-order valence-corrected chi connectivity index (χ1v) is 8.46. The van der Waals surface area contributed by atoms with Crippen LogP contribution in [0.2, 0.25) is 10.0 Å². The van der Waals surface area contributed by atoms with E-state index in [0.29, 0.717) is 21.4 Å². The van der Waals surface area contributed by atoms with Crippen LogP contribution < -0.4 is 5.32 Å². The molecule has 0 spiro atoms. The molecule has 3 rings (SSSR count). The Morgan fingerprint density at radius 1 is 1.19 bits per heavy atom. The molecule has 26 heavy (non-hydrogen) atoms. The van der Waals surface area contributed by atoms with Crippen LogP contribution in [0.4, 0.5) is 4.39 Å². The molecule has 0 unspecified atom stereocenters. The lowest BCUT2D eigenvalue weighted by atomic mass is 10.1. The molecule has 0 fully saturated rings. The van der Waals surface area contributed by atoms with Gasteiger partial charge >= 0.3 is 0 Å². The van der Waals surface area contributed by atoms with Gasteiger partial charge in [0.25, 0.3) is 0 Å². The first-order valence-electron chi connectivity index (χ1n) is 7.70. The molecule has 6 nitrogen and oxygen atoms in total. The number of carbonyl (C=O) groups excluding carboxylic acids is 1. The quantitative estimate of drug-likeness (QED) is 0.717. The van der Waals surface area contributed by atoms with Crippen molar-refractivity contribution in [3.8, 4) is 11.4 Å². The highest BCUT2D eigenvalue weighted by Crippen LogP contribution is 2.25. The van der Waals surface area contributed by atoms with Crippen molar-refractivity contribution in [3.63, 3.8) is 0 Å².